The number of benzene rings is 1. The van der Waals surface area contributed by atoms with E-state index in [0.29, 0.717) is 0 Å². The topological polar surface area (TPSA) is 54.4 Å². The minimum absolute atomic E-state index is 0.0367. The number of carboxylic acids is 1. The van der Waals surface area contributed by atoms with Crippen molar-refractivity contribution in [2.24, 2.45) is 0 Å². The van der Waals surface area contributed by atoms with Gasteiger partial charge < -0.3 is 5.11 Å². The number of hydrogen-bond acceptors (Lipinski definition) is 2. The van der Waals surface area contributed by atoms with Gasteiger partial charge in [-0.3, -0.25) is 4.79 Å². The highest BCUT2D eigenvalue weighted by molar-refractivity contribution is 6.41. The molecule has 14 heavy (non-hydrogen) atoms. The number of halogens is 2. The van der Waals surface area contributed by atoms with Gasteiger partial charge in [0, 0.05) is 10.6 Å². The quantitative estimate of drug-likeness (QED) is 0.608. The lowest BCUT2D eigenvalue weighted by molar-refractivity contribution is -0.131. The van der Waals surface area contributed by atoms with Gasteiger partial charge in [-0.15, -0.1) is 0 Å². The summed E-state index contributed by atoms with van der Waals surface area (Å²) in [5, 5.41) is 8.46. The first-order valence-electron chi connectivity index (χ1n) is 3.66. The van der Waals surface area contributed by atoms with E-state index in [1.165, 1.54) is 6.92 Å². The lowest BCUT2D eigenvalue weighted by Gasteiger charge is -2.03. The predicted molar refractivity (Wildman–Crippen MR) is 48.1 cm³/mol. The van der Waals surface area contributed by atoms with Gasteiger partial charge >= 0.3 is 5.97 Å². The van der Waals surface area contributed by atoms with Gasteiger partial charge in [0.25, 0.3) is 5.78 Å². The van der Waals surface area contributed by atoms with E-state index in [1.54, 1.807) is 0 Å². The molecule has 1 rings (SSSR count). The van der Waals surface area contributed by atoms with Gasteiger partial charge in [-0.25, -0.2) is 9.18 Å². The largest absolute Gasteiger partial charge is 0.475 e. The summed E-state index contributed by atoms with van der Waals surface area (Å²) < 4.78 is 12.8. The van der Waals surface area contributed by atoms with E-state index in [2.05, 4.69) is 0 Å². The third kappa shape index (κ3) is 1.90. The molecular weight excluding hydrogens is 211 g/mol. The van der Waals surface area contributed by atoms with Crippen LogP contribution in [-0.4, -0.2) is 16.9 Å². The van der Waals surface area contributed by atoms with E-state index in [-0.39, 0.29) is 16.1 Å². The van der Waals surface area contributed by atoms with Crippen molar-refractivity contribution in [1.82, 2.24) is 0 Å². The van der Waals surface area contributed by atoms with Crippen LogP contribution in [0.1, 0.15) is 15.9 Å². The first kappa shape index (κ1) is 10.7. The lowest BCUT2D eigenvalue weighted by Crippen LogP contribution is -2.14. The Balaban J connectivity index is 3.34. The molecule has 0 aliphatic heterocycles. The van der Waals surface area contributed by atoms with E-state index < -0.39 is 17.6 Å². The SMILES string of the molecule is Cc1c(Cl)cc(F)cc1C(=O)C(=O)O. The van der Waals surface area contributed by atoms with E-state index in [1.807, 2.05) is 0 Å². The highest BCUT2D eigenvalue weighted by Gasteiger charge is 2.19. The van der Waals surface area contributed by atoms with E-state index in [0.717, 1.165) is 12.1 Å². The van der Waals surface area contributed by atoms with Crippen LogP contribution in [0, 0.1) is 12.7 Å². The summed E-state index contributed by atoms with van der Waals surface area (Å²) in [6.07, 6.45) is 0. The number of aliphatic carboxylic acids is 1. The van der Waals surface area contributed by atoms with Crippen LogP contribution in [0.25, 0.3) is 0 Å². The molecule has 0 saturated carbocycles. The van der Waals surface area contributed by atoms with Gasteiger partial charge in [0.05, 0.1) is 0 Å². The van der Waals surface area contributed by atoms with Crippen LogP contribution in [0.15, 0.2) is 12.1 Å². The minimum Gasteiger partial charge on any atom is -0.475 e. The second-order valence-electron chi connectivity index (χ2n) is 2.69. The fourth-order valence-corrected chi connectivity index (χ4v) is 1.20. The van der Waals surface area contributed by atoms with Crippen LogP contribution in [-0.2, 0) is 4.79 Å². The Labute approximate surface area is 84.1 Å². The maximum Gasteiger partial charge on any atom is 0.377 e. The number of carboxylic acid groups (broad SMARTS) is 1. The maximum atomic E-state index is 12.8. The predicted octanol–water partition coefficient (Wildman–Crippen LogP) is 2.05. The third-order valence-corrected chi connectivity index (χ3v) is 2.14. The second-order valence-corrected chi connectivity index (χ2v) is 3.10. The van der Waals surface area contributed by atoms with Crippen molar-refractivity contribution < 1.29 is 19.1 Å². The van der Waals surface area contributed by atoms with Crippen LogP contribution >= 0.6 is 11.6 Å². The molecule has 0 aliphatic rings. The summed E-state index contributed by atoms with van der Waals surface area (Å²) in [6, 6.07) is 1.88. The van der Waals surface area contributed by atoms with Gasteiger partial charge in [0.1, 0.15) is 5.82 Å². The Hall–Kier alpha value is -1.42. The van der Waals surface area contributed by atoms with Gasteiger partial charge in [-0.2, -0.15) is 0 Å². The lowest BCUT2D eigenvalue weighted by atomic mass is 10.0. The first-order chi connectivity index (χ1) is 6.43. The number of ketones is 1. The van der Waals surface area contributed by atoms with Crippen molar-refractivity contribution in [2.75, 3.05) is 0 Å². The minimum atomic E-state index is -1.63. The fraction of sp³-hybridized carbons (Fsp3) is 0.111. The number of Topliss-reactive ketones (excluding diaryl/α,β-unsaturated/α-hetero) is 1. The van der Waals surface area contributed by atoms with Gasteiger partial charge in [-0.05, 0) is 24.6 Å². The Kier molecular flexibility index (Phi) is 2.86. The molecule has 0 fully saturated rings. The summed E-state index contributed by atoms with van der Waals surface area (Å²) in [5.41, 5.74) is 0.0444. The van der Waals surface area contributed by atoms with Gasteiger partial charge in [0.2, 0.25) is 0 Å². The Morgan fingerprint density at radius 3 is 2.50 bits per heavy atom. The molecule has 0 bridgehead atoms. The number of carbonyl (C=O) groups is 2. The summed E-state index contributed by atoms with van der Waals surface area (Å²) in [7, 11) is 0. The van der Waals surface area contributed by atoms with Crippen molar-refractivity contribution >= 4 is 23.4 Å². The zero-order chi connectivity index (χ0) is 10.9. The summed E-state index contributed by atoms with van der Waals surface area (Å²) in [5.74, 6) is -3.52. The second kappa shape index (κ2) is 3.75. The third-order valence-electron chi connectivity index (χ3n) is 1.75. The molecule has 3 nitrogen and oxygen atoms in total. The number of rotatable bonds is 2. The molecule has 0 saturated heterocycles. The molecular formula is C9H6ClFO3. The van der Waals surface area contributed by atoms with Crippen LogP contribution in [0.5, 0.6) is 0 Å². The molecule has 1 aromatic rings. The monoisotopic (exact) mass is 216 g/mol. The van der Waals surface area contributed by atoms with E-state index in [9.17, 15) is 14.0 Å². The zero-order valence-corrected chi connectivity index (χ0v) is 7.93. The summed E-state index contributed by atoms with van der Waals surface area (Å²) in [6.45, 7) is 1.46. The molecule has 0 aliphatic carbocycles. The molecule has 1 aromatic carbocycles. The summed E-state index contributed by atoms with van der Waals surface area (Å²) >= 11 is 5.58. The van der Waals surface area contributed by atoms with Crippen molar-refractivity contribution in [1.29, 1.82) is 0 Å². The molecule has 1 N–H and O–H groups in total. The molecule has 0 unspecified atom stereocenters. The molecule has 0 amide bonds. The summed E-state index contributed by atoms with van der Waals surface area (Å²) in [4.78, 5) is 21.4. The standard InChI is InChI=1S/C9H6ClFO3/c1-4-6(8(12)9(13)14)2-5(11)3-7(4)10/h2-3H,1H3,(H,13,14). The first-order valence-corrected chi connectivity index (χ1v) is 4.04. The smallest absolute Gasteiger partial charge is 0.377 e. The normalized spacial score (nSPS) is 9.93. The average molecular weight is 217 g/mol. The maximum absolute atomic E-state index is 12.8. The molecule has 0 spiro atoms. The Morgan fingerprint density at radius 1 is 1.43 bits per heavy atom. The molecule has 0 aromatic heterocycles. The van der Waals surface area contributed by atoms with E-state index in [4.69, 9.17) is 16.7 Å². The van der Waals surface area contributed by atoms with Crippen LogP contribution in [0.3, 0.4) is 0 Å². The molecule has 5 heteroatoms. The van der Waals surface area contributed by atoms with Crippen LogP contribution in [0.2, 0.25) is 5.02 Å². The number of hydrogen-bond donors (Lipinski definition) is 1. The zero-order valence-electron chi connectivity index (χ0n) is 7.17. The average Bonchev–Trinajstić information content (AvgIpc) is 2.09. The molecule has 0 atom stereocenters. The van der Waals surface area contributed by atoms with Gasteiger partial charge in [0.15, 0.2) is 0 Å². The van der Waals surface area contributed by atoms with Crippen molar-refractivity contribution in [2.45, 2.75) is 6.92 Å². The van der Waals surface area contributed by atoms with Gasteiger partial charge in [-0.1, -0.05) is 11.6 Å². The van der Waals surface area contributed by atoms with E-state index >= 15 is 0 Å². The van der Waals surface area contributed by atoms with Crippen LogP contribution < -0.4 is 0 Å². The highest BCUT2D eigenvalue weighted by Crippen LogP contribution is 2.21. The Morgan fingerprint density at radius 2 is 2.00 bits per heavy atom. The van der Waals surface area contributed by atoms with Crippen LogP contribution in [0.4, 0.5) is 4.39 Å². The molecule has 0 heterocycles. The number of carbonyl (C=O) groups excluding carboxylic acids is 1. The van der Waals surface area contributed by atoms with Crippen molar-refractivity contribution in [3.63, 3.8) is 0 Å². The fourth-order valence-electron chi connectivity index (χ4n) is 0.997. The molecule has 0 radical (unpaired) electrons. The molecule has 74 valence electrons. The van der Waals surface area contributed by atoms with Crippen molar-refractivity contribution in [3.8, 4) is 0 Å². The van der Waals surface area contributed by atoms with Crippen molar-refractivity contribution in [3.05, 3.63) is 34.1 Å². The Bertz CT molecular complexity index is 415. The highest BCUT2D eigenvalue weighted by atomic mass is 35.5.